The first-order valence-electron chi connectivity index (χ1n) is 5.16. The van der Waals surface area contributed by atoms with Gasteiger partial charge >= 0.3 is 0 Å². The van der Waals surface area contributed by atoms with Crippen LogP contribution in [0.25, 0.3) is 0 Å². The lowest BCUT2D eigenvalue weighted by atomic mass is 9.69. The maximum atomic E-state index is 2.48. The van der Waals surface area contributed by atoms with Gasteiger partial charge in [-0.25, -0.2) is 0 Å². The van der Waals surface area contributed by atoms with Crippen LogP contribution in [0.1, 0.15) is 59.3 Å². The molecule has 1 aliphatic carbocycles. The Morgan fingerprint density at radius 3 is 2.73 bits per heavy atom. The van der Waals surface area contributed by atoms with Crippen LogP contribution in [0.15, 0.2) is 0 Å². The van der Waals surface area contributed by atoms with Crippen molar-refractivity contribution in [3.05, 3.63) is 0 Å². The smallest absolute Gasteiger partial charge is 0.0323 e. The third kappa shape index (κ3) is 2.50. The molecule has 0 N–H and O–H groups in total. The van der Waals surface area contributed by atoms with Crippen LogP contribution >= 0.6 is 0 Å². The van der Waals surface area contributed by atoms with Crippen LogP contribution in [0.4, 0.5) is 0 Å². The fourth-order valence-electron chi connectivity index (χ4n) is 2.75. The van der Waals surface area contributed by atoms with E-state index in [0.29, 0.717) is 5.41 Å². The minimum Gasteiger partial charge on any atom is -0.0654 e. The summed E-state index contributed by atoms with van der Waals surface area (Å²) in [5.41, 5.74) is 0.701. The monoisotopic (exact) mass is 154 g/mol. The highest BCUT2D eigenvalue weighted by Gasteiger charge is 2.28. The van der Waals surface area contributed by atoms with Crippen molar-refractivity contribution < 1.29 is 0 Å². The van der Waals surface area contributed by atoms with E-state index >= 15 is 0 Å². The minimum absolute atomic E-state index is 0.701. The average molecular weight is 154 g/mol. The summed E-state index contributed by atoms with van der Waals surface area (Å²) in [6.45, 7) is 7.20. The van der Waals surface area contributed by atoms with Gasteiger partial charge in [-0.2, -0.15) is 0 Å². The van der Waals surface area contributed by atoms with Crippen LogP contribution in [0.5, 0.6) is 0 Å². The summed E-state index contributed by atoms with van der Waals surface area (Å²) in [7, 11) is 0. The van der Waals surface area contributed by atoms with E-state index in [1.807, 2.05) is 0 Å². The molecule has 66 valence electrons. The minimum atomic E-state index is 0.701. The van der Waals surface area contributed by atoms with Crippen molar-refractivity contribution >= 4 is 0 Å². The Morgan fingerprint density at radius 2 is 2.18 bits per heavy atom. The summed E-state index contributed by atoms with van der Waals surface area (Å²) in [5, 5.41) is 0. The van der Waals surface area contributed by atoms with Gasteiger partial charge in [0.15, 0.2) is 0 Å². The highest BCUT2D eigenvalue weighted by atomic mass is 14.3. The van der Waals surface area contributed by atoms with Gasteiger partial charge < -0.3 is 0 Å². The molecule has 0 heteroatoms. The lowest BCUT2D eigenvalue weighted by Crippen LogP contribution is -2.24. The Bertz CT molecular complexity index is 113. The molecule has 1 saturated carbocycles. The second-order valence-electron chi connectivity index (χ2n) is 4.76. The molecule has 0 bridgehead atoms. The van der Waals surface area contributed by atoms with Gasteiger partial charge in [0.1, 0.15) is 0 Å². The van der Waals surface area contributed by atoms with E-state index < -0.39 is 0 Å². The van der Waals surface area contributed by atoms with Crippen LogP contribution in [0.3, 0.4) is 0 Å². The third-order valence-electron chi connectivity index (χ3n) is 3.17. The van der Waals surface area contributed by atoms with E-state index in [1.54, 1.807) is 0 Å². The second-order valence-corrected chi connectivity index (χ2v) is 4.76. The maximum Gasteiger partial charge on any atom is -0.0323 e. The molecular weight excluding hydrogens is 132 g/mol. The molecule has 1 fully saturated rings. The molecular formula is C11H22. The number of hydrogen-bond donors (Lipinski definition) is 0. The molecule has 0 amide bonds. The van der Waals surface area contributed by atoms with Crippen molar-refractivity contribution in [1.82, 2.24) is 0 Å². The fourth-order valence-corrected chi connectivity index (χ4v) is 2.75. The summed E-state index contributed by atoms with van der Waals surface area (Å²) >= 11 is 0. The van der Waals surface area contributed by atoms with Crippen LogP contribution in [-0.4, -0.2) is 0 Å². The van der Waals surface area contributed by atoms with Crippen molar-refractivity contribution in [2.75, 3.05) is 0 Å². The van der Waals surface area contributed by atoms with E-state index in [-0.39, 0.29) is 0 Å². The Kier molecular flexibility index (Phi) is 2.98. The zero-order valence-electron chi connectivity index (χ0n) is 8.32. The topological polar surface area (TPSA) is 0 Å². The maximum absolute atomic E-state index is 2.48. The molecule has 0 saturated heterocycles. The van der Waals surface area contributed by atoms with Crippen molar-refractivity contribution in [2.45, 2.75) is 59.3 Å². The zero-order chi connectivity index (χ0) is 8.32. The SMILES string of the molecule is CCCC1(C)CCCC(C)C1. The molecule has 0 aromatic rings. The summed E-state index contributed by atoms with van der Waals surface area (Å²) in [6.07, 6.45) is 8.70. The third-order valence-corrected chi connectivity index (χ3v) is 3.17. The Balaban J connectivity index is 2.41. The highest BCUT2D eigenvalue weighted by molar-refractivity contribution is 4.80. The summed E-state index contributed by atoms with van der Waals surface area (Å²) in [5.74, 6) is 0.986. The van der Waals surface area contributed by atoms with Gasteiger partial charge in [-0.05, 0) is 30.6 Å². The Labute approximate surface area is 71.4 Å². The molecule has 0 heterocycles. The molecule has 11 heavy (non-hydrogen) atoms. The predicted octanol–water partition coefficient (Wildman–Crippen LogP) is 4.00. The molecule has 0 aromatic carbocycles. The van der Waals surface area contributed by atoms with E-state index in [4.69, 9.17) is 0 Å². The van der Waals surface area contributed by atoms with Crippen LogP contribution in [0.2, 0.25) is 0 Å². The van der Waals surface area contributed by atoms with Gasteiger partial charge in [-0.3, -0.25) is 0 Å². The lowest BCUT2D eigenvalue weighted by molar-refractivity contribution is 0.154. The lowest BCUT2D eigenvalue weighted by Gasteiger charge is -2.36. The van der Waals surface area contributed by atoms with Crippen molar-refractivity contribution in [3.8, 4) is 0 Å². The average Bonchev–Trinajstić information content (AvgIpc) is 1.86. The van der Waals surface area contributed by atoms with Gasteiger partial charge in [-0.15, -0.1) is 0 Å². The highest BCUT2D eigenvalue weighted by Crippen LogP contribution is 2.41. The Morgan fingerprint density at radius 1 is 1.45 bits per heavy atom. The molecule has 0 radical (unpaired) electrons. The van der Waals surface area contributed by atoms with Crippen molar-refractivity contribution in [1.29, 1.82) is 0 Å². The van der Waals surface area contributed by atoms with Crippen LogP contribution < -0.4 is 0 Å². The number of hydrogen-bond acceptors (Lipinski definition) is 0. The van der Waals surface area contributed by atoms with Gasteiger partial charge in [0.05, 0.1) is 0 Å². The summed E-state index contributed by atoms with van der Waals surface area (Å²) < 4.78 is 0. The van der Waals surface area contributed by atoms with E-state index in [2.05, 4.69) is 20.8 Å². The zero-order valence-corrected chi connectivity index (χ0v) is 8.32. The fraction of sp³-hybridized carbons (Fsp3) is 1.00. The Hall–Kier alpha value is 0. The standard InChI is InChI=1S/C11H22/c1-4-7-11(3)8-5-6-10(2)9-11/h10H,4-9H2,1-3H3. The first-order chi connectivity index (χ1) is 5.16. The van der Waals surface area contributed by atoms with Gasteiger partial charge in [0, 0.05) is 0 Å². The van der Waals surface area contributed by atoms with Crippen LogP contribution in [0, 0.1) is 11.3 Å². The normalized spacial score (nSPS) is 39.0. The first kappa shape index (κ1) is 9.09. The summed E-state index contributed by atoms with van der Waals surface area (Å²) in [4.78, 5) is 0. The van der Waals surface area contributed by atoms with Gasteiger partial charge in [-0.1, -0.05) is 40.0 Å². The quantitative estimate of drug-likeness (QED) is 0.564. The van der Waals surface area contributed by atoms with E-state index in [0.717, 1.165) is 5.92 Å². The van der Waals surface area contributed by atoms with Crippen molar-refractivity contribution in [3.63, 3.8) is 0 Å². The first-order valence-corrected chi connectivity index (χ1v) is 5.16. The predicted molar refractivity (Wildman–Crippen MR) is 50.6 cm³/mol. The summed E-state index contributed by atoms with van der Waals surface area (Å²) in [6, 6.07) is 0. The molecule has 2 atom stereocenters. The van der Waals surface area contributed by atoms with E-state index in [1.165, 1.54) is 38.5 Å². The van der Waals surface area contributed by atoms with Gasteiger partial charge in [0.25, 0.3) is 0 Å². The molecule has 2 unspecified atom stereocenters. The van der Waals surface area contributed by atoms with Crippen LogP contribution in [-0.2, 0) is 0 Å². The number of rotatable bonds is 2. The second kappa shape index (κ2) is 3.60. The largest absolute Gasteiger partial charge is 0.0654 e. The molecule has 0 aromatic heterocycles. The molecule has 0 nitrogen and oxygen atoms in total. The van der Waals surface area contributed by atoms with E-state index in [9.17, 15) is 0 Å². The molecule has 0 spiro atoms. The molecule has 0 aliphatic heterocycles. The van der Waals surface area contributed by atoms with Crippen molar-refractivity contribution in [2.24, 2.45) is 11.3 Å². The molecule has 1 aliphatic rings. The molecule has 1 rings (SSSR count). The van der Waals surface area contributed by atoms with Gasteiger partial charge in [0.2, 0.25) is 0 Å².